The molecule has 4 nitrogen and oxygen atoms in total. The molecule has 11 heteroatoms. The van der Waals surface area contributed by atoms with Crippen LogP contribution in [0.15, 0.2) is 18.2 Å². The van der Waals surface area contributed by atoms with Gasteiger partial charge in [-0.3, -0.25) is 0 Å². The van der Waals surface area contributed by atoms with Crippen LogP contribution in [0.25, 0.3) is 0 Å². The Hall–Kier alpha value is 0.351. The number of nitrogens with two attached hydrogens (primary N) is 1. The van der Waals surface area contributed by atoms with Crippen molar-refractivity contribution in [1.82, 2.24) is 0 Å². The molecule has 1 aromatic carbocycles. The fraction of sp³-hybridized carbons (Fsp3) is 0.143. The Kier molecular flexibility index (Phi) is 6.81. The van der Waals surface area contributed by atoms with Crippen LogP contribution in [-0.4, -0.2) is 15.4 Å². The Morgan fingerprint density at radius 1 is 1.22 bits per heavy atom. The van der Waals surface area contributed by atoms with Crippen LogP contribution in [0.5, 0.6) is 5.75 Å². The molecule has 0 aliphatic carbocycles. The first kappa shape index (κ1) is 18.4. The minimum atomic E-state index is -5.37. The molecule has 96 valence electrons. The van der Waals surface area contributed by atoms with Gasteiger partial charge in [-0.05, 0) is 17.7 Å². The van der Waals surface area contributed by atoms with Crippen molar-refractivity contribution in [3.8, 4) is 5.75 Å². The molecule has 0 spiro atoms. The fourth-order valence-electron chi connectivity index (χ4n) is 1.16. The third-order valence-corrected chi connectivity index (χ3v) is 2.19. The van der Waals surface area contributed by atoms with Gasteiger partial charge in [0.1, 0.15) is 5.75 Å². The number of halogens is 4. The zero-order valence-electron chi connectivity index (χ0n) is 9.24. The summed E-state index contributed by atoms with van der Waals surface area (Å²) in [5.41, 5.74) is 4.02. The third-order valence-electron chi connectivity index (χ3n) is 1.80. The van der Waals surface area contributed by atoms with Crippen molar-refractivity contribution in [1.29, 1.82) is 0 Å². The summed E-state index contributed by atoms with van der Waals surface area (Å²) in [6.45, 7) is -5.61. The smallest absolute Gasteiger partial charge is 0.445 e. The van der Waals surface area contributed by atoms with E-state index in [1.165, 1.54) is 0 Å². The summed E-state index contributed by atoms with van der Waals surface area (Å²) in [6.07, 6.45) is 0. The molecule has 0 aromatic heterocycles. The van der Waals surface area contributed by atoms with E-state index in [2.05, 4.69) is 4.18 Å². The van der Waals surface area contributed by atoms with E-state index in [4.69, 9.17) is 5.73 Å². The molecule has 0 saturated carbocycles. The zero-order chi connectivity index (χ0) is 13.3. The van der Waals surface area contributed by atoms with E-state index in [0.717, 1.165) is 12.1 Å². The Morgan fingerprint density at radius 3 is 2.17 bits per heavy atom. The van der Waals surface area contributed by atoms with E-state index in [0.29, 0.717) is 6.07 Å². The van der Waals surface area contributed by atoms with Gasteiger partial charge in [-0.2, -0.15) is 8.42 Å². The standard InChI is InChI=1S/C7H7BF4NO3S.K/c9-8(10,11)6-1-5(4-13)2-7(3-6)16-17(12,14)15;/h1-3H,4,13H2;/q-1;+1. The van der Waals surface area contributed by atoms with Crippen LogP contribution >= 0.6 is 0 Å². The Morgan fingerprint density at radius 2 is 1.78 bits per heavy atom. The SMILES string of the molecule is NCc1cc(OS(=O)(=O)F)cc([B-](F)(F)F)c1.[K+]. The molecule has 0 radical (unpaired) electrons. The minimum absolute atomic E-state index is 0. The molecule has 0 atom stereocenters. The summed E-state index contributed by atoms with van der Waals surface area (Å²) in [5, 5.41) is 0. The van der Waals surface area contributed by atoms with Crippen LogP contribution < -0.4 is 66.8 Å². The first-order chi connectivity index (χ1) is 7.62. The molecular formula is C7H7BF4KNO3S. The second-order valence-electron chi connectivity index (χ2n) is 3.17. The topological polar surface area (TPSA) is 69.4 Å². The van der Waals surface area contributed by atoms with Gasteiger partial charge >= 0.3 is 68.9 Å². The molecule has 0 aliphatic rings. The van der Waals surface area contributed by atoms with Crippen LogP contribution in [0.4, 0.5) is 16.8 Å². The van der Waals surface area contributed by atoms with Crippen LogP contribution in [0.1, 0.15) is 5.56 Å². The van der Waals surface area contributed by atoms with Gasteiger partial charge in [-0.15, -0.1) is 5.46 Å². The van der Waals surface area contributed by atoms with Crippen LogP contribution in [0, 0.1) is 0 Å². The van der Waals surface area contributed by atoms with Gasteiger partial charge in [0.25, 0.3) is 0 Å². The van der Waals surface area contributed by atoms with Crippen LogP contribution in [-0.2, 0) is 17.0 Å². The molecule has 1 aromatic rings. The van der Waals surface area contributed by atoms with Crippen molar-refractivity contribution < 1.29 is 80.8 Å². The molecule has 0 amide bonds. The van der Waals surface area contributed by atoms with Crippen molar-refractivity contribution in [2.24, 2.45) is 5.73 Å². The van der Waals surface area contributed by atoms with E-state index in [1.54, 1.807) is 0 Å². The second-order valence-corrected chi connectivity index (χ2v) is 4.12. The van der Waals surface area contributed by atoms with Gasteiger partial charge in [0.15, 0.2) is 0 Å². The first-order valence-corrected chi connectivity index (χ1v) is 5.60. The van der Waals surface area contributed by atoms with E-state index in [-0.39, 0.29) is 63.5 Å². The number of rotatable bonds is 4. The van der Waals surface area contributed by atoms with Gasteiger partial charge in [0.05, 0.1) is 0 Å². The Balaban J connectivity index is 0.00000289. The van der Waals surface area contributed by atoms with Crippen molar-refractivity contribution >= 4 is 22.9 Å². The number of benzene rings is 1. The van der Waals surface area contributed by atoms with E-state index < -0.39 is 28.7 Å². The number of hydrogen-bond acceptors (Lipinski definition) is 4. The maximum atomic E-state index is 12.4. The van der Waals surface area contributed by atoms with Gasteiger partial charge in [0.2, 0.25) is 0 Å². The van der Waals surface area contributed by atoms with E-state index >= 15 is 0 Å². The molecule has 0 aliphatic heterocycles. The van der Waals surface area contributed by atoms with Gasteiger partial charge < -0.3 is 22.9 Å². The molecule has 0 saturated heterocycles. The normalized spacial score (nSPS) is 11.8. The van der Waals surface area contributed by atoms with Crippen molar-refractivity contribution in [2.45, 2.75) is 6.54 Å². The van der Waals surface area contributed by atoms with E-state index in [1.807, 2.05) is 0 Å². The average molecular weight is 311 g/mol. The van der Waals surface area contributed by atoms with Crippen molar-refractivity contribution in [3.63, 3.8) is 0 Å². The molecule has 0 unspecified atom stereocenters. The maximum Gasteiger partial charge on any atom is 1.00 e. The summed E-state index contributed by atoms with van der Waals surface area (Å²) in [7, 11) is -5.37. The predicted octanol–water partition coefficient (Wildman–Crippen LogP) is -2.20. The molecule has 0 fully saturated rings. The average Bonchev–Trinajstić information content (AvgIpc) is 2.13. The molecule has 18 heavy (non-hydrogen) atoms. The van der Waals surface area contributed by atoms with Crippen molar-refractivity contribution in [2.75, 3.05) is 0 Å². The van der Waals surface area contributed by atoms with Gasteiger partial charge in [-0.1, -0.05) is 9.95 Å². The summed E-state index contributed by atoms with van der Waals surface area (Å²) in [6, 6.07) is 2.07. The summed E-state index contributed by atoms with van der Waals surface area (Å²) >= 11 is 0. The Labute approximate surface area is 144 Å². The van der Waals surface area contributed by atoms with E-state index in [9.17, 15) is 25.3 Å². The summed E-state index contributed by atoms with van der Waals surface area (Å²) in [5.74, 6) is -0.760. The maximum absolute atomic E-state index is 12.4. The van der Waals surface area contributed by atoms with Gasteiger partial charge in [-0.25, -0.2) is 0 Å². The minimum Gasteiger partial charge on any atom is -0.445 e. The Bertz CT molecular complexity index is 522. The number of hydrogen-bond donors (Lipinski definition) is 1. The van der Waals surface area contributed by atoms with Gasteiger partial charge in [0, 0.05) is 6.54 Å². The second kappa shape index (κ2) is 6.68. The monoisotopic (exact) mass is 311 g/mol. The van der Waals surface area contributed by atoms with Crippen molar-refractivity contribution in [3.05, 3.63) is 23.8 Å². The largest absolute Gasteiger partial charge is 1.00 e. The summed E-state index contributed by atoms with van der Waals surface area (Å²) in [4.78, 5) is 0. The molecule has 0 heterocycles. The molecule has 0 bridgehead atoms. The molecule has 2 N–H and O–H groups in total. The van der Waals surface area contributed by atoms with Crippen LogP contribution in [0.3, 0.4) is 0 Å². The quantitative estimate of drug-likeness (QED) is 0.389. The zero-order valence-corrected chi connectivity index (χ0v) is 13.2. The molecular weight excluding hydrogens is 304 g/mol. The van der Waals surface area contributed by atoms with Crippen LogP contribution in [0.2, 0.25) is 0 Å². The predicted molar refractivity (Wildman–Crippen MR) is 53.7 cm³/mol. The summed E-state index contributed by atoms with van der Waals surface area (Å²) < 4.78 is 73.6. The first-order valence-electron chi connectivity index (χ1n) is 4.30. The third kappa shape index (κ3) is 6.00. The fourth-order valence-corrected chi connectivity index (χ4v) is 1.48. The molecule has 1 rings (SSSR count).